The van der Waals surface area contributed by atoms with E-state index in [1.807, 2.05) is 60.7 Å². The van der Waals surface area contributed by atoms with Crippen molar-refractivity contribution in [1.82, 2.24) is 0 Å². The third-order valence-corrected chi connectivity index (χ3v) is 4.96. The molecule has 21 heavy (non-hydrogen) atoms. The van der Waals surface area contributed by atoms with Crippen molar-refractivity contribution in [2.75, 3.05) is 4.90 Å². The molecule has 0 saturated carbocycles. The van der Waals surface area contributed by atoms with Crippen molar-refractivity contribution in [3.8, 4) is 0 Å². The third kappa shape index (κ3) is 2.95. The quantitative estimate of drug-likeness (QED) is 0.552. The number of hydrogen-bond acceptors (Lipinski definition) is 3. The first-order valence-electron chi connectivity index (χ1n) is 6.24. The van der Waals surface area contributed by atoms with Gasteiger partial charge < -0.3 is 0 Å². The lowest BCUT2D eigenvalue weighted by Gasteiger charge is -2.15. The summed E-state index contributed by atoms with van der Waals surface area (Å²) >= 11 is 10.2. The maximum absolute atomic E-state index is 12.6. The van der Waals surface area contributed by atoms with Gasteiger partial charge in [0.05, 0.1) is 10.6 Å². The molecule has 2 aromatic rings. The standard InChI is InChI=1S/C16H10BrNOS2/c17-12-8-4-5-9-13(12)18-15(19)14(21-16(18)20)10-11-6-2-1-3-7-11/h1-10H. The highest BCUT2D eigenvalue weighted by Gasteiger charge is 2.34. The molecule has 1 aliphatic rings. The summed E-state index contributed by atoms with van der Waals surface area (Å²) in [7, 11) is 0. The van der Waals surface area contributed by atoms with Gasteiger partial charge in [-0.2, -0.15) is 0 Å². The SMILES string of the molecule is O=C1C(=Cc2ccccc2)SC(=S)N1c1ccccc1Br. The highest BCUT2D eigenvalue weighted by molar-refractivity contribution is 9.10. The first-order chi connectivity index (χ1) is 10.2. The molecule has 0 bridgehead atoms. The Balaban J connectivity index is 1.97. The van der Waals surface area contributed by atoms with E-state index in [-0.39, 0.29) is 5.91 Å². The summed E-state index contributed by atoms with van der Waals surface area (Å²) in [6.07, 6.45) is 1.87. The molecule has 2 aromatic carbocycles. The highest BCUT2D eigenvalue weighted by Crippen LogP contribution is 2.38. The third-order valence-electron chi connectivity index (χ3n) is 2.98. The number of nitrogens with zero attached hydrogens (tertiary/aromatic N) is 1. The number of amides is 1. The predicted octanol–water partition coefficient (Wildman–Crippen LogP) is 4.85. The first-order valence-corrected chi connectivity index (χ1v) is 8.26. The van der Waals surface area contributed by atoms with Crippen molar-refractivity contribution in [2.45, 2.75) is 0 Å². The number of carbonyl (C=O) groups is 1. The highest BCUT2D eigenvalue weighted by atomic mass is 79.9. The van der Waals surface area contributed by atoms with E-state index in [0.717, 1.165) is 15.7 Å². The van der Waals surface area contributed by atoms with Crippen LogP contribution in [0.4, 0.5) is 5.69 Å². The molecule has 104 valence electrons. The van der Waals surface area contributed by atoms with Crippen LogP contribution in [0.1, 0.15) is 5.56 Å². The topological polar surface area (TPSA) is 20.3 Å². The van der Waals surface area contributed by atoms with Crippen molar-refractivity contribution >= 4 is 61.9 Å². The first kappa shape index (κ1) is 14.5. The molecule has 1 saturated heterocycles. The molecule has 0 atom stereocenters. The fourth-order valence-corrected chi connectivity index (χ4v) is 3.76. The fraction of sp³-hybridized carbons (Fsp3) is 0. The summed E-state index contributed by atoms with van der Waals surface area (Å²) in [5, 5.41) is 0. The van der Waals surface area contributed by atoms with Crippen LogP contribution in [0.5, 0.6) is 0 Å². The lowest BCUT2D eigenvalue weighted by molar-refractivity contribution is -0.113. The Kier molecular flexibility index (Phi) is 4.24. The monoisotopic (exact) mass is 375 g/mol. The number of thiocarbonyl (C=S) groups is 1. The number of carbonyl (C=O) groups excluding carboxylic acids is 1. The van der Waals surface area contributed by atoms with E-state index in [9.17, 15) is 4.79 Å². The Morgan fingerprint density at radius 2 is 1.71 bits per heavy atom. The number of benzene rings is 2. The maximum Gasteiger partial charge on any atom is 0.270 e. The van der Waals surface area contributed by atoms with Crippen LogP contribution in [-0.2, 0) is 4.79 Å². The Labute approximate surface area is 141 Å². The van der Waals surface area contributed by atoms with Gasteiger partial charge in [0, 0.05) is 4.47 Å². The number of anilines is 1. The maximum atomic E-state index is 12.6. The van der Waals surface area contributed by atoms with Crippen molar-refractivity contribution < 1.29 is 4.79 Å². The minimum absolute atomic E-state index is 0.0826. The zero-order valence-corrected chi connectivity index (χ0v) is 14.0. The van der Waals surface area contributed by atoms with E-state index in [0.29, 0.717) is 9.23 Å². The number of thioether (sulfide) groups is 1. The van der Waals surface area contributed by atoms with Crippen molar-refractivity contribution in [2.24, 2.45) is 0 Å². The molecule has 1 aliphatic heterocycles. The molecule has 0 aliphatic carbocycles. The minimum atomic E-state index is -0.0826. The van der Waals surface area contributed by atoms with E-state index < -0.39 is 0 Å². The van der Waals surface area contributed by atoms with Crippen molar-refractivity contribution in [1.29, 1.82) is 0 Å². The fourth-order valence-electron chi connectivity index (χ4n) is 2.01. The van der Waals surface area contributed by atoms with E-state index in [1.54, 1.807) is 4.90 Å². The number of halogens is 1. The second kappa shape index (κ2) is 6.13. The van der Waals surface area contributed by atoms with Gasteiger partial charge >= 0.3 is 0 Å². The van der Waals surface area contributed by atoms with Crippen LogP contribution in [-0.4, -0.2) is 10.2 Å². The van der Waals surface area contributed by atoms with Gasteiger partial charge in [0.25, 0.3) is 5.91 Å². The Hall–Kier alpha value is -1.43. The van der Waals surface area contributed by atoms with Crippen LogP contribution in [0.25, 0.3) is 6.08 Å². The van der Waals surface area contributed by atoms with Crippen molar-refractivity contribution in [3.63, 3.8) is 0 Å². The van der Waals surface area contributed by atoms with Gasteiger partial charge in [-0.1, -0.05) is 66.4 Å². The number of rotatable bonds is 2. The Bertz CT molecular complexity index is 743. The molecule has 5 heteroatoms. The normalized spacial score (nSPS) is 16.8. The largest absolute Gasteiger partial charge is 0.270 e. The van der Waals surface area contributed by atoms with Gasteiger partial charge in [0.1, 0.15) is 0 Å². The van der Waals surface area contributed by atoms with E-state index >= 15 is 0 Å². The van der Waals surface area contributed by atoms with Crippen LogP contribution in [0.15, 0.2) is 64.0 Å². The van der Waals surface area contributed by atoms with Crippen LogP contribution in [0.3, 0.4) is 0 Å². The van der Waals surface area contributed by atoms with Gasteiger partial charge in [-0.15, -0.1) is 0 Å². The van der Waals surface area contributed by atoms with Crippen molar-refractivity contribution in [3.05, 3.63) is 69.5 Å². The van der Waals surface area contributed by atoms with E-state index in [1.165, 1.54) is 11.8 Å². The molecule has 2 nitrogen and oxygen atoms in total. The molecule has 0 unspecified atom stereocenters. The molecule has 1 heterocycles. The molecule has 0 aromatic heterocycles. The van der Waals surface area contributed by atoms with Crippen LogP contribution in [0.2, 0.25) is 0 Å². The number of para-hydroxylation sites is 1. The van der Waals surface area contributed by atoms with Crippen LogP contribution >= 0.6 is 39.9 Å². The molecule has 0 spiro atoms. The Morgan fingerprint density at radius 1 is 1.05 bits per heavy atom. The molecular weight excluding hydrogens is 366 g/mol. The van der Waals surface area contributed by atoms with E-state index in [4.69, 9.17) is 12.2 Å². The summed E-state index contributed by atoms with van der Waals surface area (Å²) in [5.74, 6) is -0.0826. The summed E-state index contributed by atoms with van der Waals surface area (Å²) in [5.41, 5.74) is 1.77. The smallest absolute Gasteiger partial charge is 0.268 e. The average molecular weight is 376 g/mol. The molecule has 1 fully saturated rings. The minimum Gasteiger partial charge on any atom is -0.268 e. The van der Waals surface area contributed by atoms with Gasteiger partial charge in [0.15, 0.2) is 4.32 Å². The second-order valence-electron chi connectivity index (χ2n) is 4.38. The zero-order chi connectivity index (χ0) is 14.8. The summed E-state index contributed by atoms with van der Waals surface area (Å²) in [4.78, 5) is 14.8. The van der Waals surface area contributed by atoms with Gasteiger partial charge in [-0.25, -0.2) is 0 Å². The molecule has 0 N–H and O–H groups in total. The van der Waals surface area contributed by atoms with E-state index in [2.05, 4.69) is 15.9 Å². The lowest BCUT2D eigenvalue weighted by Crippen LogP contribution is -2.27. The molecular formula is C16H10BrNOS2. The number of hydrogen-bond donors (Lipinski definition) is 0. The summed E-state index contributed by atoms with van der Waals surface area (Å²) in [6.45, 7) is 0. The lowest BCUT2D eigenvalue weighted by atomic mass is 10.2. The van der Waals surface area contributed by atoms with Gasteiger partial charge in [-0.05, 0) is 39.7 Å². The summed E-state index contributed by atoms with van der Waals surface area (Å²) < 4.78 is 1.40. The molecule has 0 radical (unpaired) electrons. The van der Waals surface area contributed by atoms with Gasteiger partial charge in [0.2, 0.25) is 0 Å². The molecule has 3 rings (SSSR count). The molecule has 1 amide bonds. The average Bonchev–Trinajstić information content (AvgIpc) is 2.76. The van der Waals surface area contributed by atoms with Gasteiger partial charge in [-0.3, -0.25) is 9.69 Å². The van der Waals surface area contributed by atoms with Crippen LogP contribution < -0.4 is 4.90 Å². The summed E-state index contributed by atoms with van der Waals surface area (Å²) in [6, 6.07) is 17.3. The Morgan fingerprint density at radius 3 is 2.43 bits per heavy atom. The zero-order valence-electron chi connectivity index (χ0n) is 10.8. The second-order valence-corrected chi connectivity index (χ2v) is 6.91. The predicted molar refractivity (Wildman–Crippen MR) is 96.2 cm³/mol. The van der Waals surface area contributed by atoms with Crippen LogP contribution in [0, 0.1) is 0 Å².